The Morgan fingerprint density at radius 3 is 2.56 bits per heavy atom. The molecule has 2 aromatic rings. The number of nitrogens with zero attached hydrogens (tertiary/aromatic N) is 3. The summed E-state index contributed by atoms with van der Waals surface area (Å²) in [6.45, 7) is 4.31. The van der Waals surface area contributed by atoms with Crippen LogP contribution >= 0.6 is 0 Å². The highest BCUT2D eigenvalue weighted by atomic mass is 19.1. The van der Waals surface area contributed by atoms with Crippen molar-refractivity contribution >= 4 is 11.3 Å². The molecule has 0 saturated heterocycles. The van der Waals surface area contributed by atoms with Gasteiger partial charge < -0.3 is 5.73 Å². The number of hydrogen-bond acceptors (Lipinski definition) is 3. The van der Waals surface area contributed by atoms with E-state index in [1.54, 1.807) is 4.52 Å². The quantitative estimate of drug-likeness (QED) is 0.887. The van der Waals surface area contributed by atoms with Gasteiger partial charge in [-0.1, -0.05) is 26.7 Å². The predicted octanol–water partition coefficient (Wildman–Crippen LogP) is 3.13. The summed E-state index contributed by atoms with van der Waals surface area (Å²) in [6.07, 6.45) is 3.57. The van der Waals surface area contributed by atoms with Crippen molar-refractivity contribution in [2.75, 3.05) is 5.73 Å². The van der Waals surface area contributed by atoms with E-state index in [4.69, 9.17) is 5.73 Å². The zero-order valence-electron chi connectivity index (χ0n) is 10.9. The van der Waals surface area contributed by atoms with Crippen molar-refractivity contribution in [1.29, 1.82) is 0 Å². The average Bonchev–Trinajstić information content (AvgIpc) is 2.72. The molecule has 0 fully saturated rings. The number of hydrogen-bond donors (Lipinski definition) is 1. The first-order valence-corrected chi connectivity index (χ1v) is 6.48. The third kappa shape index (κ3) is 2.30. The van der Waals surface area contributed by atoms with Crippen LogP contribution in [0.15, 0.2) is 12.1 Å². The smallest absolute Gasteiger partial charge is 0.327 e. The van der Waals surface area contributed by atoms with Gasteiger partial charge in [0.15, 0.2) is 5.82 Å². The summed E-state index contributed by atoms with van der Waals surface area (Å²) in [5, 5.41) is 3.84. The van der Waals surface area contributed by atoms with Gasteiger partial charge in [0.1, 0.15) is 5.52 Å². The molecule has 0 spiro atoms. The zero-order valence-corrected chi connectivity index (χ0v) is 10.9. The Balaban J connectivity index is 2.49. The molecule has 0 aliphatic rings. The van der Waals surface area contributed by atoms with E-state index in [1.165, 1.54) is 0 Å². The Hall–Kier alpha value is -1.65. The second-order valence-electron chi connectivity index (χ2n) is 4.60. The summed E-state index contributed by atoms with van der Waals surface area (Å²) in [4.78, 5) is 3.55. The zero-order chi connectivity index (χ0) is 13.1. The van der Waals surface area contributed by atoms with Crippen LogP contribution < -0.4 is 5.73 Å². The van der Waals surface area contributed by atoms with Crippen molar-refractivity contribution in [1.82, 2.24) is 14.6 Å². The summed E-state index contributed by atoms with van der Waals surface area (Å²) in [7, 11) is 0. The summed E-state index contributed by atoms with van der Waals surface area (Å²) >= 11 is 0. The molecule has 4 nitrogen and oxygen atoms in total. The maximum Gasteiger partial charge on any atom is 0.327 e. The topological polar surface area (TPSA) is 56.2 Å². The van der Waals surface area contributed by atoms with Gasteiger partial charge in [0.25, 0.3) is 0 Å². The number of fused-ring (bicyclic) bond motifs is 1. The number of nitrogen functional groups attached to an aromatic ring is 1. The highest BCUT2D eigenvalue weighted by molar-refractivity contribution is 5.65. The van der Waals surface area contributed by atoms with E-state index in [0.717, 1.165) is 31.4 Å². The second-order valence-corrected chi connectivity index (χ2v) is 4.60. The van der Waals surface area contributed by atoms with Gasteiger partial charge in [-0.25, -0.2) is 4.52 Å². The third-order valence-corrected chi connectivity index (χ3v) is 3.23. The number of rotatable bonds is 5. The molecule has 18 heavy (non-hydrogen) atoms. The summed E-state index contributed by atoms with van der Waals surface area (Å²) in [6, 6.07) is 3.85. The fourth-order valence-corrected chi connectivity index (χ4v) is 2.46. The molecule has 2 N–H and O–H groups in total. The average molecular weight is 250 g/mol. The maximum atomic E-state index is 13.3. The van der Waals surface area contributed by atoms with Crippen molar-refractivity contribution < 1.29 is 4.39 Å². The minimum absolute atomic E-state index is 0.195. The SMILES string of the molecule is CCCC(CCC)c1ccc2c(N)nc(F)nn12. The van der Waals surface area contributed by atoms with Crippen LogP contribution in [0.1, 0.15) is 51.1 Å². The molecule has 98 valence electrons. The molecule has 0 atom stereocenters. The van der Waals surface area contributed by atoms with Gasteiger partial charge >= 0.3 is 6.08 Å². The van der Waals surface area contributed by atoms with Crippen LogP contribution in [0.5, 0.6) is 0 Å². The van der Waals surface area contributed by atoms with Gasteiger partial charge in [-0.05, 0) is 25.0 Å². The van der Waals surface area contributed by atoms with Gasteiger partial charge in [-0.15, -0.1) is 5.10 Å². The Bertz CT molecular complexity index is 529. The minimum Gasteiger partial charge on any atom is -0.382 e. The molecule has 0 saturated carbocycles. The lowest BCUT2D eigenvalue weighted by atomic mass is 9.95. The maximum absolute atomic E-state index is 13.3. The van der Waals surface area contributed by atoms with Crippen LogP contribution in [0.3, 0.4) is 0 Å². The molecule has 2 heterocycles. The lowest BCUT2D eigenvalue weighted by Crippen LogP contribution is -2.09. The van der Waals surface area contributed by atoms with E-state index in [-0.39, 0.29) is 5.82 Å². The van der Waals surface area contributed by atoms with Crippen LogP contribution in [0.2, 0.25) is 0 Å². The van der Waals surface area contributed by atoms with Crippen LogP contribution in [0.4, 0.5) is 10.2 Å². The van der Waals surface area contributed by atoms with Gasteiger partial charge in [0.05, 0.1) is 0 Å². The Morgan fingerprint density at radius 1 is 1.28 bits per heavy atom. The van der Waals surface area contributed by atoms with E-state index >= 15 is 0 Å². The third-order valence-electron chi connectivity index (χ3n) is 3.23. The molecule has 2 aromatic heterocycles. The van der Waals surface area contributed by atoms with E-state index in [9.17, 15) is 4.39 Å². The molecule has 0 amide bonds. The van der Waals surface area contributed by atoms with E-state index in [1.807, 2.05) is 12.1 Å². The summed E-state index contributed by atoms with van der Waals surface area (Å²) in [5.74, 6) is 0.594. The van der Waals surface area contributed by atoms with Crippen molar-refractivity contribution in [2.24, 2.45) is 0 Å². The van der Waals surface area contributed by atoms with Crippen LogP contribution in [0.25, 0.3) is 5.52 Å². The van der Waals surface area contributed by atoms with E-state index in [0.29, 0.717) is 11.4 Å². The normalized spacial score (nSPS) is 11.6. The van der Waals surface area contributed by atoms with Gasteiger partial charge in [0, 0.05) is 11.6 Å². The first-order chi connectivity index (χ1) is 8.67. The van der Waals surface area contributed by atoms with Crippen LogP contribution in [0, 0.1) is 6.08 Å². The molecule has 0 radical (unpaired) electrons. The van der Waals surface area contributed by atoms with Gasteiger partial charge in [-0.3, -0.25) is 0 Å². The molecule has 0 aliphatic heterocycles. The Labute approximate surface area is 106 Å². The minimum atomic E-state index is -0.774. The molecule has 0 bridgehead atoms. The lowest BCUT2D eigenvalue weighted by Gasteiger charge is -2.15. The largest absolute Gasteiger partial charge is 0.382 e. The first kappa shape index (κ1) is 12.8. The lowest BCUT2D eigenvalue weighted by molar-refractivity contribution is 0.492. The van der Waals surface area contributed by atoms with Gasteiger partial charge in [-0.2, -0.15) is 9.37 Å². The van der Waals surface area contributed by atoms with E-state index < -0.39 is 6.08 Å². The van der Waals surface area contributed by atoms with Crippen molar-refractivity contribution in [3.05, 3.63) is 23.9 Å². The number of nitrogens with two attached hydrogens (primary N) is 1. The molecular formula is C13H19FN4. The monoisotopic (exact) mass is 250 g/mol. The predicted molar refractivity (Wildman–Crippen MR) is 69.9 cm³/mol. The van der Waals surface area contributed by atoms with Crippen LogP contribution in [-0.2, 0) is 0 Å². The number of halogens is 1. The highest BCUT2D eigenvalue weighted by Gasteiger charge is 2.16. The van der Waals surface area contributed by atoms with E-state index in [2.05, 4.69) is 23.9 Å². The number of aromatic nitrogens is 3. The van der Waals surface area contributed by atoms with Crippen molar-refractivity contribution in [3.63, 3.8) is 0 Å². The molecular weight excluding hydrogens is 231 g/mol. The van der Waals surface area contributed by atoms with Crippen LogP contribution in [-0.4, -0.2) is 14.6 Å². The molecule has 0 aromatic carbocycles. The Kier molecular flexibility index (Phi) is 3.79. The highest BCUT2D eigenvalue weighted by Crippen LogP contribution is 2.28. The standard InChI is InChI=1S/C13H19FN4/c1-3-5-9(6-4-2)10-7-8-11-12(15)16-13(14)17-18(10)11/h7-9H,3-6H2,1-2H3,(H2,15,16,17). The second kappa shape index (κ2) is 5.33. The molecule has 0 aliphatic carbocycles. The molecule has 0 unspecified atom stereocenters. The number of anilines is 1. The Morgan fingerprint density at radius 2 is 1.94 bits per heavy atom. The fourth-order valence-electron chi connectivity index (χ4n) is 2.46. The fraction of sp³-hybridized carbons (Fsp3) is 0.538. The molecule has 5 heteroatoms. The first-order valence-electron chi connectivity index (χ1n) is 6.48. The summed E-state index contributed by atoms with van der Waals surface area (Å²) < 4.78 is 14.9. The van der Waals surface area contributed by atoms with Gasteiger partial charge in [0.2, 0.25) is 0 Å². The van der Waals surface area contributed by atoms with Crippen molar-refractivity contribution in [3.8, 4) is 0 Å². The van der Waals surface area contributed by atoms with Crippen molar-refractivity contribution in [2.45, 2.75) is 45.4 Å². The summed E-state index contributed by atoms with van der Waals surface area (Å²) in [5.41, 5.74) is 7.42. The molecule has 2 rings (SSSR count).